The lowest BCUT2D eigenvalue weighted by Crippen LogP contribution is -2.40. The molecule has 0 unspecified atom stereocenters. The number of nitrogens with zero attached hydrogens (tertiary/aromatic N) is 2. The number of rotatable bonds is 9. The number of esters is 1. The van der Waals surface area contributed by atoms with E-state index in [0.717, 1.165) is 5.56 Å². The minimum atomic E-state index is -0.919. The third kappa shape index (κ3) is 6.24. The number of hydrogen-bond acceptors (Lipinski definition) is 7. The van der Waals surface area contributed by atoms with Gasteiger partial charge in [-0.3, -0.25) is 9.36 Å². The fourth-order valence-corrected chi connectivity index (χ4v) is 6.49. The molecule has 10 heteroatoms. The molecule has 1 aromatic heterocycles. The van der Waals surface area contributed by atoms with E-state index in [1.807, 2.05) is 60.7 Å². The second-order valence-electron chi connectivity index (χ2n) is 10.3. The number of para-hydroxylation sites is 1. The summed E-state index contributed by atoms with van der Waals surface area (Å²) in [6.07, 6.45) is 1.72. The van der Waals surface area contributed by atoms with Crippen molar-refractivity contribution in [1.82, 2.24) is 4.57 Å². The highest BCUT2D eigenvalue weighted by Crippen LogP contribution is 2.36. The molecule has 0 spiro atoms. The summed E-state index contributed by atoms with van der Waals surface area (Å²) in [5.41, 5.74) is 2.88. The predicted molar refractivity (Wildman–Crippen MR) is 176 cm³/mol. The van der Waals surface area contributed by atoms with E-state index in [0.29, 0.717) is 48.2 Å². The predicted octanol–water partition coefficient (Wildman–Crippen LogP) is 6.32. The molecular formula is C36H28ClFN2O5S. The molecule has 0 N–H and O–H groups in total. The minimum Gasteiger partial charge on any atom is -0.493 e. The highest BCUT2D eigenvalue weighted by Gasteiger charge is 2.35. The van der Waals surface area contributed by atoms with Gasteiger partial charge in [0.05, 0.1) is 35.6 Å². The molecule has 1 aliphatic heterocycles. The van der Waals surface area contributed by atoms with Gasteiger partial charge in [-0.25, -0.2) is 14.2 Å². The zero-order valence-electron chi connectivity index (χ0n) is 24.9. The Kier molecular flexibility index (Phi) is 9.14. The van der Waals surface area contributed by atoms with Crippen molar-refractivity contribution < 1.29 is 23.4 Å². The molecule has 0 bridgehead atoms. The number of hydrogen-bond donors (Lipinski definition) is 0. The maximum absolute atomic E-state index is 14.3. The van der Waals surface area contributed by atoms with Gasteiger partial charge in [0.15, 0.2) is 16.3 Å². The van der Waals surface area contributed by atoms with Gasteiger partial charge in [-0.05, 0) is 54.5 Å². The van der Waals surface area contributed by atoms with E-state index >= 15 is 0 Å². The summed E-state index contributed by atoms with van der Waals surface area (Å²) in [6.45, 7) is 2.05. The standard InChI is InChI=1S/C36H28ClFN2O5S/c1-3-44-35(42)30-31(23-10-5-4-6-11-23)39-36-40(32(30)24-15-17-27(38)18-16-24)34(41)29(46-36)20-25-12-8-14-28(43-2)33(25)45-21-22-9-7-13-26(37)19-22/h4-20,32H,3,21H2,1-2H3/b29-20-/t32-/m1/s1. The SMILES string of the molecule is CCOC(=O)C1=C(c2ccccc2)N=c2s/c(=C\c3cccc(OC)c3OCc3cccc(Cl)c3)c(=O)n2[C@@H]1c1ccc(F)cc1. The molecule has 1 aliphatic rings. The molecule has 232 valence electrons. The molecule has 7 nitrogen and oxygen atoms in total. The van der Waals surface area contributed by atoms with Crippen LogP contribution in [-0.2, 0) is 16.1 Å². The molecule has 4 aromatic carbocycles. The van der Waals surface area contributed by atoms with Crippen LogP contribution in [-0.4, -0.2) is 24.3 Å². The first-order valence-corrected chi connectivity index (χ1v) is 15.7. The summed E-state index contributed by atoms with van der Waals surface area (Å²) < 4.78 is 33.2. The number of carbonyl (C=O) groups is 1. The third-order valence-corrected chi connectivity index (χ3v) is 8.57. The molecular weight excluding hydrogens is 627 g/mol. The van der Waals surface area contributed by atoms with Crippen molar-refractivity contribution in [3.8, 4) is 11.5 Å². The summed E-state index contributed by atoms with van der Waals surface area (Å²) >= 11 is 7.35. The average molecular weight is 655 g/mol. The number of aromatic nitrogens is 1. The van der Waals surface area contributed by atoms with Gasteiger partial charge in [0.2, 0.25) is 0 Å². The maximum atomic E-state index is 14.3. The van der Waals surface area contributed by atoms with Gasteiger partial charge < -0.3 is 14.2 Å². The monoisotopic (exact) mass is 654 g/mol. The maximum Gasteiger partial charge on any atom is 0.338 e. The molecule has 2 heterocycles. The number of ether oxygens (including phenoxy) is 3. The molecule has 0 saturated heterocycles. The zero-order chi connectivity index (χ0) is 32.2. The number of carbonyl (C=O) groups excluding carboxylic acids is 1. The Labute approximate surface area is 273 Å². The van der Waals surface area contributed by atoms with Gasteiger partial charge in [0.1, 0.15) is 12.4 Å². The van der Waals surface area contributed by atoms with E-state index in [1.54, 1.807) is 44.4 Å². The van der Waals surface area contributed by atoms with Gasteiger partial charge in [-0.2, -0.15) is 0 Å². The van der Waals surface area contributed by atoms with Crippen molar-refractivity contribution in [2.24, 2.45) is 4.99 Å². The number of halogens is 2. The average Bonchev–Trinajstić information content (AvgIpc) is 3.38. The van der Waals surface area contributed by atoms with Crippen LogP contribution in [0.15, 0.2) is 112 Å². The van der Waals surface area contributed by atoms with E-state index < -0.39 is 17.8 Å². The highest BCUT2D eigenvalue weighted by atomic mass is 35.5. The minimum absolute atomic E-state index is 0.124. The largest absolute Gasteiger partial charge is 0.493 e. The van der Waals surface area contributed by atoms with Gasteiger partial charge in [0.25, 0.3) is 5.56 Å². The van der Waals surface area contributed by atoms with Crippen LogP contribution in [0.2, 0.25) is 5.02 Å². The van der Waals surface area contributed by atoms with Crippen LogP contribution >= 0.6 is 22.9 Å². The number of fused-ring (bicyclic) bond motifs is 1. The van der Waals surface area contributed by atoms with E-state index in [4.69, 9.17) is 30.8 Å². The van der Waals surface area contributed by atoms with E-state index in [-0.39, 0.29) is 24.3 Å². The summed E-state index contributed by atoms with van der Waals surface area (Å²) in [7, 11) is 1.55. The summed E-state index contributed by atoms with van der Waals surface area (Å²) in [4.78, 5) is 33.1. The van der Waals surface area contributed by atoms with Crippen LogP contribution in [0.5, 0.6) is 11.5 Å². The normalized spacial score (nSPS) is 14.4. The van der Waals surface area contributed by atoms with Gasteiger partial charge in [0, 0.05) is 16.1 Å². The lowest BCUT2D eigenvalue weighted by molar-refractivity contribution is -0.138. The Morgan fingerprint density at radius 1 is 1.02 bits per heavy atom. The van der Waals surface area contributed by atoms with Crippen LogP contribution < -0.4 is 24.4 Å². The fourth-order valence-electron chi connectivity index (χ4n) is 5.29. The number of benzene rings is 4. The number of thiazole rings is 1. The van der Waals surface area contributed by atoms with Crippen LogP contribution in [0.1, 0.15) is 35.2 Å². The fraction of sp³-hybridized carbons (Fsp3) is 0.139. The molecule has 0 radical (unpaired) electrons. The molecule has 0 aliphatic carbocycles. The van der Waals surface area contributed by atoms with Crippen molar-refractivity contribution in [3.05, 3.63) is 155 Å². The lowest BCUT2D eigenvalue weighted by atomic mass is 9.93. The molecule has 46 heavy (non-hydrogen) atoms. The third-order valence-electron chi connectivity index (χ3n) is 7.35. The highest BCUT2D eigenvalue weighted by molar-refractivity contribution is 7.07. The Balaban J connectivity index is 1.55. The topological polar surface area (TPSA) is 79.1 Å². The second-order valence-corrected chi connectivity index (χ2v) is 11.7. The molecule has 0 saturated carbocycles. The smallest absolute Gasteiger partial charge is 0.338 e. The van der Waals surface area contributed by atoms with Crippen LogP contribution in [0, 0.1) is 5.82 Å². The van der Waals surface area contributed by atoms with Crippen molar-refractivity contribution in [1.29, 1.82) is 0 Å². The zero-order valence-corrected chi connectivity index (χ0v) is 26.5. The molecule has 0 amide bonds. The second kappa shape index (κ2) is 13.6. The van der Waals surface area contributed by atoms with E-state index in [2.05, 4.69) is 0 Å². The quantitative estimate of drug-likeness (QED) is 0.174. The Morgan fingerprint density at radius 2 is 1.78 bits per heavy atom. The van der Waals surface area contributed by atoms with Crippen LogP contribution in [0.3, 0.4) is 0 Å². The van der Waals surface area contributed by atoms with Crippen LogP contribution in [0.25, 0.3) is 11.8 Å². The van der Waals surface area contributed by atoms with Gasteiger partial charge >= 0.3 is 5.97 Å². The first-order chi connectivity index (χ1) is 22.4. The summed E-state index contributed by atoms with van der Waals surface area (Å²) in [6, 6.07) is 26.8. The van der Waals surface area contributed by atoms with Gasteiger partial charge in [-0.15, -0.1) is 0 Å². The van der Waals surface area contributed by atoms with Crippen molar-refractivity contribution in [3.63, 3.8) is 0 Å². The van der Waals surface area contributed by atoms with Crippen molar-refractivity contribution in [2.45, 2.75) is 19.6 Å². The molecule has 6 rings (SSSR count). The Morgan fingerprint density at radius 3 is 2.50 bits per heavy atom. The number of methoxy groups -OCH3 is 1. The van der Waals surface area contributed by atoms with Crippen LogP contribution in [0.4, 0.5) is 4.39 Å². The van der Waals surface area contributed by atoms with E-state index in [9.17, 15) is 14.0 Å². The molecule has 1 atom stereocenters. The van der Waals surface area contributed by atoms with E-state index in [1.165, 1.54) is 28.0 Å². The van der Waals surface area contributed by atoms with Gasteiger partial charge in [-0.1, -0.05) is 89.7 Å². The molecule has 5 aromatic rings. The lowest BCUT2D eigenvalue weighted by Gasteiger charge is -2.25. The Hall–Kier alpha value is -4.99. The van der Waals surface area contributed by atoms with Crippen molar-refractivity contribution in [2.75, 3.05) is 13.7 Å². The molecule has 0 fully saturated rings. The summed E-state index contributed by atoms with van der Waals surface area (Å²) in [5, 5.41) is 0.593. The van der Waals surface area contributed by atoms with Crippen molar-refractivity contribution >= 4 is 40.7 Å². The first-order valence-electron chi connectivity index (χ1n) is 14.5. The Bertz CT molecular complexity index is 2120. The summed E-state index contributed by atoms with van der Waals surface area (Å²) in [5.74, 6) is -0.116. The first kappa shape index (κ1) is 31.0.